The number of nitrogens with one attached hydrogen (secondary N) is 4. The number of aromatic nitrogens is 7. The number of hydrogen-bond donors (Lipinski definition) is 8. The molecule has 1 aliphatic carbocycles. The van der Waals surface area contributed by atoms with Gasteiger partial charge in [-0.05, 0) is 68.0 Å². The first-order valence-electron chi connectivity index (χ1n) is 29.8. The van der Waals surface area contributed by atoms with Gasteiger partial charge in [0.1, 0.15) is 93.8 Å². The van der Waals surface area contributed by atoms with E-state index in [9.17, 15) is 48.9 Å². The summed E-state index contributed by atoms with van der Waals surface area (Å²) < 4.78 is 10.3. The summed E-state index contributed by atoms with van der Waals surface area (Å²) in [5.41, 5.74) is 8.61. The van der Waals surface area contributed by atoms with E-state index in [1.807, 2.05) is 0 Å². The fourth-order valence-corrected chi connectivity index (χ4v) is 16.7. The topological polar surface area (TPSA) is 383 Å². The first kappa shape index (κ1) is 65.9. The smallest absolute Gasteiger partial charge is 0.341 e. The van der Waals surface area contributed by atoms with Gasteiger partial charge < -0.3 is 56.7 Å². The molecule has 0 unspecified atom stereocenters. The van der Waals surface area contributed by atoms with Gasteiger partial charge in [0.25, 0.3) is 23.6 Å². The zero-order valence-electron chi connectivity index (χ0n) is 50.6. The number of aliphatic hydroxyl groups excluding tert-OH is 2. The second kappa shape index (κ2) is 28.4. The summed E-state index contributed by atoms with van der Waals surface area (Å²) in [5, 5.41) is 54.6. The molecule has 7 aromatic heterocycles. The Morgan fingerprint density at radius 2 is 1.35 bits per heavy atom. The molecule has 1 saturated carbocycles. The lowest BCUT2D eigenvalue weighted by Gasteiger charge is -2.29. The van der Waals surface area contributed by atoms with Gasteiger partial charge in [0, 0.05) is 62.3 Å². The number of carboxylic acid groups (broad SMARTS) is 1. The van der Waals surface area contributed by atoms with Gasteiger partial charge >= 0.3 is 11.9 Å². The van der Waals surface area contributed by atoms with Crippen LogP contribution in [0.3, 0.4) is 0 Å². The Bertz CT molecular complexity index is 4390. The number of carbonyl (C=O) groups is 8. The second-order valence-electron chi connectivity index (χ2n) is 22.8. The Morgan fingerprint density at radius 1 is 0.695 bits per heavy atom. The Hall–Kier alpha value is -9.15. The molecule has 2 fully saturated rings. The number of methoxy groups -OCH3 is 1. The summed E-state index contributed by atoms with van der Waals surface area (Å²) in [6, 6.07) is 13.6. The normalized spacial score (nSPS) is 21.1. The third kappa shape index (κ3) is 14.6. The highest BCUT2D eigenvalue weighted by Crippen LogP contribution is 2.43. The highest BCUT2D eigenvalue weighted by Gasteiger charge is 2.46. The number of aliphatic carboxylic acids is 1. The van der Waals surface area contributed by atoms with Crippen molar-refractivity contribution in [3.05, 3.63) is 147 Å². The lowest BCUT2D eigenvalue weighted by molar-refractivity contribution is -0.146. The van der Waals surface area contributed by atoms with Crippen LogP contribution in [-0.4, -0.2) is 141 Å². The van der Waals surface area contributed by atoms with Crippen molar-refractivity contribution in [2.45, 2.75) is 94.8 Å². The van der Waals surface area contributed by atoms with Crippen LogP contribution in [0.25, 0.3) is 43.4 Å². The van der Waals surface area contributed by atoms with Crippen molar-refractivity contribution in [1.82, 2.24) is 61.1 Å². The lowest BCUT2D eigenvalue weighted by atomic mass is 9.86. The van der Waals surface area contributed by atoms with Gasteiger partial charge in [0.05, 0.1) is 43.3 Å². The van der Waals surface area contributed by atoms with E-state index in [-0.39, 0.29) is 75.3 Å². The van der Waals surface area contributed by atoms with Crippen molar-refractivity contribution in [3.8, 4) is 49.1 Å². The molecule has 9 aromatic rings. The maximum absolute atomic E-state index is 15.3. The fourth-order valence-electron chi connectivity index (χ4n) is 11.4. The van der Waals surface area contributed by atoms with Gasteiger partial charge in [0.2, 0.25) is 11.8 Å². The molecule has 32 heteroatoms. The van der Waals surface area contributed by atoms with Crippen LogP contribution in [0.15, 0.2) is 93.6 Å². The quantitative estimate of drug-likeness (QED) is 0.0517. The molecule has 95 heavy (non-hydrogen) atoms. The van der Waals surface area contributed by atoms with Gasteiger partial charge in [-0.15, -0.1) is 68.0 Å². The predicted molar refractivity (Wildman–Crippen MR) is 353 cm³/mol. The van der Waals surface area contributed by atoms with Gasteiger partial charge in [-0.3, -0.25) is 33.6 Å². The number of amides is 6. The van der Waals surface area contributed by atoms with Crippen LogP contribution >= 0.6 is 68.0 Å². The SMILES string of the molecule is COC(=O)[C@H]1CC[C@H](NC(=O)c2csc(-c3ccc4c(n3)-c3csc(n3)-c3csc(n3)[C@@H]3[C@@H](C)[C@@H](O)CN3C(=O)[C@H](Cc3ccc(OCC(=O)O)cc3)NC(=O)c3csc(n3)[C@H]([C@H](O)c3ccccc3)NC(=O)c3nc(sc3C)[C@H](CC(N)=O)NC(=O)c3csc-4n3)n2)CC1. The van der Waals surface area contributed by atoms with Gasteiger partial charge in [-0.1, -0.05) is 49.4 Å². The number of nitrogens with two attached hydrogens (primary N) is 1. The monoisotopic (exact) mass is 1400 g/mol. The van der Waals surface area contributed by atoms with E-state index in [2.05, 4.69) is 31.2 Å². The minimum Gasteiger partial charge on any atom is -0.482 e. The maximum atomic E-state index is 15.3. The van der Waals surface area contributed by atoms with E-state index in [1.54, 1.807) is 96.7 Å². The third-order valence-electron chi connectivity index (χ3n) is 16.4. The average Bonchev–Trinajstić information content (AvgIpc) is 1.66. The van der Waals surface area contributed by atoms with Crippen molar-refractivity contribution in [3.63, 3.8) is 0 Å². The molecule has 26 nitrogen and oxygen atoms in total. The van der Waals surface area contributed by atoms with Gasteiger partial charge in [-0.25, -0.2) is 39.7 Å². The van der Waals surface area contributed by atoms with Crippen LogP contribution in [0.4, 0.5) is 0 Å². The summed E-state index contributed by atoms with van der Waals surface area (Å²) in [7, 11) is 1.36. The molecule has 2 aliphatic heterocycles. The van der Waals surface area contributed by atoms with Crippen LogP contribution < -0.4 is 31.7 Å². The number of pyridine rings is 1. The van der Waals surface area contributed by atoms with E-state index in [0.717, 1.165) is 34.0 Å². The summed E-state index contributed by atoms with van der Waals surface area (Å²) in [5.74, 6) is -5.95. The van der Waals surface area contributed by atoms with Crippen LogP contribution in [-0.2, 0) is 30.3 Å². The zero-order chi connectivity index (χ0) is 66.8. The summed E-state index contributed by atoms with van der Waals surface area (Å²) in [6.45, 7) is 2.70. The number of hydrogen-bond acceptors (Lipinski definition) is 25. The van der Waals surface area contributed by atoms with Gasteiger partial charge in [0.15, 0.2) is 6.61 Å². The van der Waals surface area contributed by atoms with Crippen LogP contribution in [0.5, 0.6) is 5.75 Å². The number of thiazole rings is 6. The molecule has 7 atom stereocenters. The number of aryl methyl sites for hydroxylation is 1. The number of carboxylic acids is 1. The molecular weight excluding hydrogens is 1340 g/mol. The van der Waals surface area contributed by atoms with Crippen LogP contribution in [0.2, 0.25) is 0 Å². The zero-order valence-corrected chi connectivity index (χ0v) is 55.5. The fraction of sp³-hybridized carbons (Fsp3) is 0.317. The Balaban J connectivity index is 0.924. The number of fused-ring (bicyclic) bond motifs is 16. The molecule has 10 bridgehead atoms. The standard InChI is InChI=1S/C63H59N13O13S6/c1-28-44(77)21-76-50(28)61-73-43(27-94-61)58-69-39(23-91-58)48-35(17-18-36(66-48)57-71-40(25-92-57)52(82)65-33-13-11-32(12-14-33)63(87)88-3)56-70-41(24-90-56)53(83)67-37(20-45(64)78)59-75-47(29(2)95-59)55(85)74-49(51(81)31-7-5-4-6-8-31)60-72-42(26-93-60)54(84)68-38(62(76)86)19-30-9-15-34(16-10-30)89-22-46(79)80/h4-10,15-18,23-28,32-33,37-38,44,49-51,77,81H,11-14,19-22H2,1-3H3,(H2,64,78)(H,65,82)(H,67,83)(H,68,84)(H,74,85)(H,79,80)/t28-,32-,33-,37-,38-,44-,49-,50-,51+/m0/s1. The minimum atomic E-state index is -1.44. The Kier molecular flexibility index (Phi) is 19.7. The van der Waals surface area contributed by atoms with E-state index < -0.39 is 90.8 Å². The van der Waals surface area contributed by atoms with Crippen molar-refractivity contribution < 1.29 is 63.1 Å². The van der Waals surface area contributed by atoms with Crippen molar-refractivity contribution in [2.24, 2.45) is 17.6 Å². The van der Waals surface area contributed by atoms with Crippen molar-refractivity contribution in [2.75, 3.05) is 20.3 Å². The highest BCUT2D eigenvalue weighted by atomic mass is 32.1. The molecule has 9 N–H and O–H groups in total. The predicted octanol–water partition coefficient (Wildman–Crippen LogP) is 7.51. The number of benzene rings is 2. The molecule has 6 amide bonds. The number of esters is 1. The molecule has 0 spiro atoms. The summed E-state index contributed by atoms with van der Waals surface area (Å²) in [4.78, 5) is 145. The molecule has 3 aliphatic rings. The van der Waals surface area contributed by atoms with Crippen LogP contribution in [0, 0.1) is 18.8 Å². The molecule has 2 aromatic carbocycles. The average molecular weight is 1400 g/mol. The van der Waals surface area contributed by atoms with E-state index >= 15 is 4.79 Å². The van der Waals surface area contributed by atoms with Gasteiger partial charge in [-0.2, -0.15) is 0 Å². The molecular formula is C63H59N13O13S6. The summed E-state index contributed by atoms with van der Waals surface area (Å²) >= 11 is 6.85. The molecule has 490 valence electrons. The number of nitrogens with zero attached hydrogens (tertiary/aromatic N) is 8. The van der Waals surface area contributed by atoms with Crippen molar-refractivity contribution >= 4 is 115 Å². The van der Waals surface area contributed by atoms with Crippen molar-refractivity contribution in [1.29, 1.82) is 0 Å². The first-order valence-corrected chi connectivity index (χ1v) is 35.0. The Labute approximate surface area is 565 Å². The second-order valence-corrected chi connectivity index (χ2v) is 28.4. The Morgan fingerprint density at radius 3 is 2.08 bits per heavy atom. The largest absolute Gasteiger partial charge is 0.482 e. The van der Waals surface area contributed by atoms with E-state index in [1.165, 1.54) is 56.8 Å². The number of primary amides is 1. The minimum absolute atomic E-state index is 0.0360. The van der Waals surface area contributed by atoms with E-state index in [0.29, 0.717) is 90.1 Å². The van der Waals surface area contributed by atoms with Crippen LogP contribution in [0.1, 0.15) is 136 Å². The summed E-state index contributed by atoms with van der Waals surface area (Å²) in [6.07, 6.45) is -0.605. The van der Waals surface area contributed by atoms with E-state index in [4.69, 9.17) is 40.1 Å². The molecule has 0 radical (unpaired) electrons. The number of carbonyl (C=O) groups excluding carboxylic acids is 7. The molecule has 9 heterocycles. The number of aliphatic hydroxyl groups is 2. The molecule has 12 rings (SSSR count). The third-order valence-corrected chi connectivity index (χ3v) is 21.9. The molecule has 1 saturated heterocycles. The first-order chi connectivity index (χ1) is 45.7. The number of rotatable bonds is 13. The maximum Gasteiger partial charge on any atom is 0.341 e. The lowest BCUT2D eigenvalue weighted by Crippen LogP contribution is -2.50. The number of ether oxygens (including phenoxy) is 2. The highest BCUT2D eigenvalue weighted by molar-refractivity contribution is 7.15.